The molecule has 0 radical (unpaired) electrons. The zero-order chi connectivity index (χ0) is 16.0. The number of nitrogens with one attached hydrogen (secondary N) is 1. The van der Waals surface area contributed by atoms with E-state index in [9.17, 15) is 0 Å². The molecule has 1 unspecified atom stereocenters. The molecule has 4 nitrogen and oxygen atoms in total. The van der Waals surface area contributed by atoms with Crippen LogP contribution in [0.15, 0.2) is 4.99 Å². The van der Waals surface area contributed by atoms with E-state index in [4.69, 9.17) is 10.7 Å². The van der Waals surface area contributed by atoms with Crippen molar-refractivity contribution in [2.24, 2.45) is 16.6 Å². The molecular formula is C18H28N4S. The summed E-state index contributed by atoms with van der Waals surface area (Å²) in [6.45, 7) is 2.38. The van der Waals surface area contributed by atoms with E-state index in [2.05, 4.69) is 24.2 Å². The van der Waals surface area contributed by atoms with Gasteiger partial charge >= 0.3 is 0 Å². The van der Waals surface area contributed by atoms with E-state index in [1.54, 1.807) is 10.4 Å². The average molecular weight is 333 g/mol. The molecule has 3 N–H and O–H groups in total. The summed E-state index contributed by atoms with van der Waals surface area (Å²) in [4.78, 5) is 8.55. The van der Waals surface area contributed by atoms with Gasteiger partial charge in [0.05, 0.1) is 6.34 Å². The first kappa shape index (κ1) is 15.6. The fourth-order valence-electron chi connectivity index (χ4n) is 4.27. The number of nitrogens with two attached hydrogens (primary N) is 1. The molecule has 0 bridgehead atoms. The summed E-state index contributed by atoms with van der Waals surface area (Å²) in [7, 11) is 2.15. The largest absolute Gasteiger partial charge is 0.346 e. The van der Waals surface area contributed by atoms with Crippen molar-refractivity contribution in [3.63, 3.8) is 0 Å². The zero-order valence-electron chi connectivity index (χ0n) is 14.2. The number of aliphatic imine (C=N–C) groups is 1. The van der Waals surface area contributed by atoms with Gasteiger partial charge in [0.1, 0.15) is 11.2 Å². The second kappa shape index (κ2) is 6.19. The second-order valence-electron chi connectivity index (χ2n) is 7.66. The normalized spacial score (nSPS) is 33.4. The maximum absolute atomic E-state index is 6.07. The molecule has 1 aromatic heterocycles. The Bertz CT molecular complexity index is 600. The van der Waals surface area contributed by atoms with Gasteiger partial charge in [0.25, 0.3) is 0 Å². The highest BCUT2D eigenvalue weighted by molar-refractivity contribution is 7.16. The Kier molecular flexibility index (Phi) is 4.20. The van der Waals surface area contributed by atoms with E-state index >= 15 is 0 Å². The van der Waals surface area contributed by atoms with Gasteiger partial charge in [-0.1, -0.05) is 6.92 Å². The molecule has 5 heteroatoms. The van der Waals surface area contributed by atoms with Gasteiger partial charge in [-0.2, -0.15) is 0 Å². The number of fused-ring (bicyclic) bond motifs is 3. The van der Waals surface area contributed by atoms with Crippen molar-refractivity contribution in [1.82, 2.24) is 10.2 Å². The van der Waals surface area contributed by atoms with Gasteiger partial charge in [-0.25, -0.2) is 4.99 Å². The fraction of sp³-hybridized carbons (Fsp3) is 0.722. The van der Waals surface area contributed by atoms with Gasteiger partial charge in [-0.15, -0.1) is 11.3 Å². The molecule has 2 heterocycles. The minimum Gasteiger partial charge on any atom is -0.346 e. The third-order valence-electron chi connectivity index (χ3n) is 5.73. The number of aryl methyl sites for hydroxylation is 1. The minimum atomic E-state index is 0.284. The lowest BCUT2D eigenvalue weighted by atomic mass is 9.86. The Labute approximate surface area is 143 Å². The Balaban J connectivity index is 1.61. The smallest absolute Gasteiger partial charge is 0.124 e. The summed E-state index contributed by atoms with van der Waals surface area (Å²) in [5, 5.41) is 5.16. The topological polar surface area (TPSA) is 53.6 Å². The molecule has 1 saturated carbocycles. The molecule has 126 valence electrons. The maximum Gasteiger partial charge on any atom is 0.124 e. The monoisotopic (exact) mass is 332 g/mol. The van der Waals surface area contributed by atoms with Gasteiger partial charge in [0.2, 0.25) is 0 Å². The van der Waals surface area contributed by atoms with Crippen LogP contribution in [0.4, 0.5) is 5.00 Å². The van der Waals surface area contributed by atoms with Crippen molar-refractivity contribution in [3.05, 3.63) is 16.0 Å². The molecule has 1 fully saturated rings. The number of nitrogens with zero attached hydrogens (tertiary/aromatic N) is 2. The molecule has 2 aliphatic carbocycles. The van der Waals surface area contributed by atoms with Gasteiger partial charge in [0, 0.05) is 29.6 Å². The first-order valence-corrected chi connectivity index (χ1v) is 9.85. The van der Waals surface area contributed by atoms with Crippen LogP contribution in [-0.4, -0.2) is 30.4 Å². The predicted octanol–water partition coefficient (Wildman–Crippen LogP) is 3.34. The molecule has 0 spiro atoms. The highest BCUT2D eigenvalue weighted by Gasteiger charge is 2.33. The van der Waals surface area contributed by atoms with Crippen LogP contribution in [0.1, 0.15) is 61.2 Å². The van der Waals surface area contributed by atoms with E-state index in [0.717, 1.165) is 18.8 Å². The standard InChI is InChI=1S/C18H28N4S/c1-11-3-8-15-14(9-11)16-17(22(2)10-20-18(16)23-15)21-13-6-4-12(19)5-7-13/h10-13,17,21H,3-9,19H2,1-2H3/t11-,12-,13-,17?/m1/s1. The lowest BCUT2D eigenvalue weighted by Crippen LogP contribution is -2.45. The van der Waals surface area contributed by atoms with Crippen LogP contribution in [0.25, 0.3) is 0 Å². The predicted molar refractivity (Wildman–Crippen MR) is 97.5 cm³/mol. The summed E-state index contributed by atoms with van der Waals surface area (Å²) < 4.78 is 0. The van der Waals surface area contributed by atoms with Crippen LogP contribution >= 0.6 is 11.3 Å². The average Bonchev–Trinajstić information content (AvgIpc) is 2.90. The number of thiophene rings is 1. The molecule has 0 aromatic carbocycles. The molecule has 23 heavy (non-hydrogen) atoms. The van der Waals surface area contributed by atoms with E-state index in [1.807, 2.05) is 17.7 Å². The minimum absolute atomic E-state index is 0.284. The fourth-order valence-corrected chi connectivity index (χ4v) is 5.48. The van der Waals surface area contributed by atoms with Crippen LogP contribution in [0, 0.1) is 5.92 Å². The molecule has 0 saturated heterocycles. The zero-order valence-corrected chi connectivity index (χ0v) is 15.0. The van der Waals surface area contributed by atoms with Crippen molar-refractivity contribution in [1.29, 1.82) is 0 Å². The van der Waals surface area contributed by atoms with E-state index in [-0.39, 0.29) is 6.17 Å². The SMILES string of the molecule is C[C@@H]1CCc2sc3c(c2C1)C(N[C@H]1CC[C@H](N)CC1)N(C)C=N3. The van der Waals surface area contributed by atoms with Crippen LogP contribution in [0.2, 0.25) is 0 Å². The van der Waals surface area contributed by atoms with Crippen molar-refractivity contribution < 1.29 is 0 Å². The number of hydrogen-bond acceptors (Lipinski definition) is 5. The molecular weight excluding hydrogens is 304 g/mol. The van der Waals surface area contributed by atoms with Crippen LogP contribution in [0.5, 0.6) is 0 Å². The van der Waals surface area contributed by atoms with E-state index < -0.39 is 0 Å². The van der Waals surface area contributed by atoms with E-state index in [0.29, 0.717) is 12.1 Å². The van der Waals surface area contributed by atoms with Gasteiger partial charge in [0.15, 0.2) is 0 Å². The van der Waals surface area contributed by atoms with Crippen LogP contribution in [0.3, 0.4) is 0 Å². The highest BCUT2D eigenvalue weighted by atomic mass is 32.1. The van der Waals surface area contributed by atoms with Gasteiger partial charge in [-0.3, -0.25) is 5.32 Å². The van der Waals surface area contributed by atoms with Crippen LogP contribution < -0.4 is 11.1 Å². The first-order valence-electron chi connectivity index (χ1n) is 9.04. The number of hydrogen-bond donors (Lipinski definition) is 2. The Morgan fingerprint density at radius 3 is 2.83 bits per heavy atom. The Hall–Kier alpha value is -0.910. The lowest BCUT2D eigenvalue weighted by Gasteiger charge is -2.37. The summed E-state index contributed by atoms with van der Waals surface area (Å²) in [6, 6.07) is 0.988. The van der Waals surface area contributed by atoms with Gasteiger partial charge < -0.3 is 10.6 Å². The molecule has 4 rings (SSSR count). The summed E-state index contributed by atoms with van der Waals surface area (Å²) in [5.41, 5.74) is 9.13. The van der Waals surface area contributed by atoms with Crippen molar-refractivity contribution in [2.45, 2.75) is 70.1 Å². The maximum atomic E-state index is 6.07. The Morgan fingerprint density at radius 1 is 1.26 bits per heavy atom. The van der Waals surface area contributed by atoms with Crippen molar-refractivity contribution in [3.8, 4) is 0 Å². The second-order valence-corrected chi connectivity index (χ2v) is 8.75. The molecule has 2 atom stereocenters. The summed E-state index contributed by atoms with van der Waals surface area (Å²) in [5.74, 6) is 0.797. The highest BCUT2D eigenvalue weighted by Crippen LogP contribution is 2.46. The quantitative estimate of drug-likeness (QED) is 0.873. The van der Waals surface area contributed by atoms with Crippen molar-refractivity contribution >= 4 is 22.7 Å². The summed E-state index contributed by atoms with van der Waals surface area (Å²) in [6.07, 6.45) is 10.7. The molecule has 3 aliphatic rings. The third-order valence-corrected chi connectivity index (χ3v) is 6.95. The lowest BCUT2D eigenvalue weighted by molar-refractivity contribution is 0.240. The summed E-state index contributed by atoms with van der Waals surface area (Å²) >= 11 is 1.92. The third kappa shape index (κ3) is 2.94. The van der Waals surface area contributed by atoms with Crippen LogP contribution in [-0.2, 0) is 12.8 Å². The first-order chi connectivity index (χ1) is 11.1. The van der Waals surface area contributed by atoms with Crippen molar-refractivity contribution in [2.75, 3.05) is 7.05 Å². The molecule has 1 aromatic rings. The van der Waals surface area contributed by atoms with E-state index in [1.165, 1.54) is 42.7 Å². The van der Waals surface area contributed by atoms with Gasteiger partial charge in [-0.05, 0) is 56.4 Å². The Morgan fingerprint density at radius 2 is 2.04 bits per heavy atom. The number of rotatable bonds is 2. The molecule has 1 aliphatic heterocycles. The molecule has 0 amide bonds.